The topological polar surface area (TPSA) is 101 Å². The average molecular weight is 476 g/mol. The van der Waals surface area contributed by atoms with Gasteiger partial charge in [0.15, 0.2) is 0 Å². The average Bonchev–Trinajstić information content (AvgIpc) is 3.38. The van der Waals surface area contributed by atoms with Gasteiger partial charge in [-0.15, -0.1) is 5.10 Å². The third-order valence-electron chi connectivity index (χ3n) is 5.57. The zero-order valence-corrected chi connectivity index (χ0v) is 19.7. The summed E-state index contributed by atoms with van der Waals surface area (Å²) in [6, 6.07) is 16.0. The van der Waals surface area contributed by atoms with E-state index in [4.69, 9.17) is 0 Å². The lowest BCUT2D eigenvalue weighted by molar-refractivity contribution is -0.113. The number of anilines is 1. The molecule has 0 radical (unpaired) electrons. The van der Waals surface area contributed by atoms with Crippen molar-refractivity contribution in [3.63, 3.8) is 0 Å². The first kappa shape index (κ1) is 23.2. The van der Waals surface area contributed by atoms with Crippen LogP contribution in [0, 0.1) is 37.9 Å². The van der Waals surface area contributed by atoms with Crippen LogP contribution in [0.25, 0.3) is 5.69 Å². The standard InChI is InChI=1S/C24H22FN7OS/c1-15-6-4-5-7-21(15)32-24(28-29-30-32)34-14-22(33)27-23-20(12-26)16(2)17(3)31(23)13-18-8-10-19(25)11-9-18/h4-11H,13-14H2,1-3H3,(H,27,33). The smallest absolute Gasteiger partial charge is 0.235 e. The van der Waals surface area contributed by atoms with E-state index >= 15 is 0 Å². The van der Waals surface area contributed by atoms with Crippen molar-refractivity contribution in [3.8, 4) is 11.8 Å². The predicted octanol–water partition coefficient (Wildman–Crippen LogP) is 4.18. The van der Waals surface area contributed by atoms with Gasteiger partial charge in [-0.25, -0.2) is 4.39 Å². The Morgan fingerprint density at radius 2 is 1.88 bits per heavy atom. The minimum absolute atomic E-state index is 0.0525. The van der Waals surface area contributed by atoms with E-state index in [9.17, 15) is 14.4 Å². The highest BCUT2D eigenvalue weighted by atomic mass is 32.2. The van der Waals surface area contributed by atoms with E-state index in [1.165, 1.54) is 23.9 Å². The summed E-state index contributed by atoms with van der Waals surface area (Å²) >= 11 is 1.20. The molecule has 0 aliphatic heterocycles. The first-order chi connectivity index (χ1) is 16.4. The van der Waals surface area contributed by atoms with Crippen LogP contribution < -0.4 is 5.32 Å². The van der Waals surface area contributed by atoms with Crippen molar-refractivity contribution in [1.82, 2.24) is 24.8 Å². The van der Waals surface area contributed by atoms with Crippen molar-refractivity contribution in [2.75, 3.05) is 11.1 Å². The predicted molar refractivity (Wildman–Crippen MR) is 127 cm³/mol. The lowest BCUT2D eigenvalue weighted by Crippen LogP contribution is -2.19. The molecule has 4 rings (SSSR count). The van der Waals surface area contributed by atoms with Gasteiger partial charge in [0.1, 0.15) is 17.7 Å². The zero-order chi connectivity index (χ0) is 24.2. The van der Waals surface area contributed by atoms with Gasteiger partial charge in [0, 0.05) is 12.2 Å². The molecule has 1 amide bonds. The quantitative estimate of drug-likeness (QED) is 0.403. The lowest BCUT2D eigenvalue weighted by atomic mass is 10.2. The highest BCUT2D eigenvalue weighted by Crippen LogP contribution is 2.28. The van der Waals surface area contributed by atoms with Crippen LogP contribution in [0.15, 0.2) is 53.7 Å². The number of rotatable bonds is 7. The fourth-order valence-electron chi connectivity index (χ4n) is 3.62. The molecule has 1 N–H and O–H groups in total. The molecule has 0 bridgehead atoms. The highest BCUT2D eigenvalue weighted by Gasteiger charge is 2.21. The molecule has 4 aromatic rings. The maximum Gasteiger partial charge on any atom is 0.235 e. The number of hydrogen-bond acceptors (Lipinski definition) is 6. The van der Waals surface area contributed by atoms with E-state index in [1.807, 2.05) is 49.6 Å². The Morgan fingerprint density at radius 3 is 2.59 bits per heavy atom. The molecule has 10 heteroatoms. The second kappa shape index (κ2) is 9.89. The number of tetrazole rings is 1. The number of carbonyl (C=O) groups is 1. The van der Waals surface area contributed by atoms with E-state index in [-0.39, 0.29) is 17.5 Å². The molecule has 0 unspecified atom stereocenters. The van der Waals surface area contributed by atoms with E-state index < -0.39 is 0 Å². The minimum atomic E-state index is -0.319. The number of nitrogens with zero attached hydrogens (tertiary/aromatic N) is 6. The fourth-order valence-corrected chi connectivity index (χ4v) is 4.30. The Morgan fingerprint density at radius 1 is 1.15 bits per heavy atom. The summed E-state index contributed by atoms with van der Waals surface area (Å²) in [5, 5.41) is 24.9. The maximum atomic E-state index is 13.3. The molecule has 172 valence electrons. The van der Waals surface area contributed by atoms with Gasteiger partial charge in [-0.1, -0.05) is 42.1 Å². The van der Waals surface area contributed by atoms with Crippen molar-refractivity contribution in [3.05, 3.63) is 82.3 Å². The number of thioether (sulfide) groups is 1. The van der Waals surface area contributed by atoms with E-state index in [0.29, 0.717) is 23.1 Å². The molecule has 8 nitrogen and oxygen atoms in total. The monoisotopic (exact) mass is 475 g/mol. The molecule has 2 heterocycles. The van der Waals surface area contributed by atoms with Crippen LogP contribution in [0.4, 0.5) is 10.2 Å². The molecule has 0 aliphatic carbocycles. The molecule has 0 spiro atoms. The number of hydrogen-bond donors (Lipinski definition) is 1. The highest BCUT2D eigenvalue weighted by molar-refractivity contribution is 7.99. The number of aromatic nitrogens is 5. The van der Waals surface area contributed by atoms with Crippen LogP contribution in [0.1, 0.15) is 27.9 Å². The van der Waals surface area contributed by atoms with E-state index in [0.717, 1.165) is 28.1 Å². The second-order valence-electron chi connectivity index (χ2n) is 7.76. The Bertz CT molecular complexity index is 1390. The molecule has 2 aromatic carbocycles. The summed E-state index contributed by atoms with van der Waals surface area (Å²) in [4.78, 5) is 12.9. The van der Waals surface area contributed by atoms with Gasteiger partial charge in [0.05, 0.1) is 17.0 Å². The van der Waals surface area contributed by atoms with Crippen molar-refractivity contribution in [2.24, 2.45) is 0 Å². The Labute approximate surface area is 200 Å². The Balaban J connectivity index is 1.53. The van der Waals surface area contributed by atoms with Crippen LogP contribution in [-0.2, 0) is 11.3 Å². The number of nitrogens with one attached hydrogen (secondary N) is 1. The fraction of sp³-hybridized carbons (Fsp3) is 0.208. The minimum Gasteiger partial charge on any atom is -0.326 e. The van der Waals surface area contributed by atoms with Gasteiger partial charge in [0.25, 0.3) is 0 Å². The Hall–Kier alpha value is -3.97. The number of aryl methyl sites for hydroxylation is 1. The number of amides is 1. The van der Waals surface area contributed by atoms with E-state index in [2.05, 4.69) is 26.9 Å². The molecular weight excluding hydrogens is 453 g/mol. The van der Waals surface area contributed by atoms with Crippen LogP contribution in [-0.4, -0.2) is 36.4 Å². The normalized spacial score (nSPS) is 10.8. The van der Waals surface area contributed by atoms with Crippen molar-refractivity contribution < 1.29 is 9.18 Å². The second-order valence-corrected chi connectivity index (χ2v) is 8.70. The van der Waals surface area contributed by atoms with Crippen molar-refractivity contribution in [1.29, 1.82) is 5.26 Å². The first-order valence-corrected chi connectivity index (χ1v) is 11.5. The molecule has 0 saturated heterocycles. The number of para-hydroxylation sites is 1. The van der Waals surface area contributed by atoms with Gasteiger partial charge < -0.3 is 9.88 Å². The number of benzene rings is 2. The van der Waals surface area contributed by atoms with Crippen LogP contribution in [0.2, 0.25) is 0 Å². The van der Waals surface area contributed by atoms with Gasteiger partial charge in [-0.05, 0) is 66.1 Å². The molecule has 0 aliphatic rings. The molecule has 34 heavy (non-hydrogen) atoms. The number of nitriles is 1. The summed E-state index contributed by atoms with van der Waals surface area (Å²) in [7, 11) is 0. The van der Waals surface area contributed by atoms with Gasteiger partial charge in [0.2, 0.25) is 11.1 Å². The summed E-state index contributed by atoms with van der Waals surface area (Å²) < 4.78 is 16.8. The van der Waals surface area contributed by atoms with Gasteiger partial charge in [-0.3, -0.25) is 4.79 Å². The van der Waals surface area contributed by atoms with Gasteiger partial charge in [-0.2, -0.15) is 9.94 Å². The number of carbonyl (C=O) groups excluding carboxylic acids is 1. The third kappa shape index (κ3) is 4.70. The Kier molecular flexibility index (Phi) is 6.75. The van der Waals surface area contributed by atoms with Crippen molar-refractivity contribution >= 4 is 23.5 Å². The molecule has 0 atom stereocenters. The van der Waals surface area contributed by atoms with E-state index in [1.54, 1.807) is 16.8 Å². The van der Waals surface area contributed by atoms with Crippen LogP contribution in [0.5, 0.6) is 0 Å². The zero-order valence-electron chi connectivity index (χ0n) is 18.9. The summed E-state index contributed by atoms with van der Waals surface area (Å²) in [5.74, 6) is -0.137. The third-order valence-corrected chi connectivity index (χ3v) is 6.49. The summed E-state index contributed by atoms with van der Waals surface area (Å²) in [5.41, 5.74) is 4.74. The SMILES string of the molecule is Cc1ccccc1-n1nnnc1SCC(=O)Nc1c(C#N)c(C)c(C)n1Cc1ccc(F)cc1. The molecule has 0 fully saturated rings. The van der Waals surface area contributed by atoms with Gasteiger partial charge >= 0.3 is 0 Å². The lowest BCUT2D eigenvalue weighted by Gasteiger charge is -2.13. The van der Waals surface area contributed by atoms with Crippen molar-refractivity contribution in [2.45, 2.75) is 32.5 Å². The summed E-state index contributed by atoms with van der Waals surface area (Å²) in [6.07, 6.45) is 0. The largest absolute Gasteiger partial charge is 0.326 e. The van der Waals surface area contributed by atoms with Crippen LogP contribution >= 0.6 is 11.8 Å². The molecular formula is C24H22FN7OS. The van der Waals surface area contributed by atoms with Crippen LogP contribution in [0.3, 0.4) is 0 Å². The molecule has 2 aromatic heterocycles. The maximum absolute atomic E-state index is 13.3. The first-order valence-electron chi connectivity index (χ1n) is 10.5. The number of halogens is 1. The summed E-state index contributed by atoms with van der Waals surface area (Å²) in [6.45, 7) is 6.08. The molecule has 0 saturated carbocycles.